The quantitative estimate of drug-likeness (QED) is 0.603. The van der Waals surface area contributed by atoms with Crippen molar-refractivity contribution in [3.63, 3.8) is 0 Å². The van der Waals surface area contributed by atoms with Gasteiger partial charge in [-0.05, 0) is 18.2 Å². The second-order valence-electron chi connectivity index (χ2n) is 4.92. The zero-order valence-corrected chi connectivity index (χ0v) is 13.1. The molecule has 7 heteroatoms. The first kappa shape index (κ1) is 16.5. The van der Waals surface area contributed by atoms with Gasteiger partial charge in [0.25, 0.3) is 5.69 Å². The highest BCUT2D eigenvalue weighted by atomic mass is 19.1. The van der Waals surface area contributed by atoms with E-state index in [0.717, 1.165) is 23.8 Å². The summed E-state index contributed by atoms with van der Waals surface area (Å²) in [6.07, 6.45) is 0. The molecule has 0 N–H and O–H groups in total. The molecule has 2 aromatic carbocycles. The molecule has 0 unspecified atom stereocenters. The molecule has 0 fully saturated rings. The maximum Gasteiger partial charge on any atom is 0.292 e. The molecule has 0 radical (unpaired) electrons. The van der Waals surface area contributed by atoms with Gasteiger partial charge in [-0.1, -0.05) is 0 Å². The lowest BCUT2D eigenvalue weighted by atomic mass is 10.1. The summed E-state index contributed by atoms with van der Waals surface area (Å²) >= 11 is 0. The summed E-state index contributed by atoms with van der Waals surface area (Å²) in [6, 6.07) is 8.68. The Labute approximate surface area is 133 Å². The number of halogens is 1. The molecule has 2 aromatic rings. The fourth-order valence-corrected chi connectivity index (χ4v) is 2.28. The van der Waals surface area contributed by atoms with Crippen molar-refractivity contribution >= 4 is 11.4 Å². The van der Waals surface area contributed by atoms with Crippen LogP contribution < -0.4 is 14.4 Å². The number of anilines is 1. The van der Waals surface area contributed by atoms with Crippen LogP contribution >= 0.6 is 0 Å². The van der Waals surface area contributed by atoms with Gasteiger partial charge in [0.1, 0.15) is 23.0 Å². The van der Waals surface area contributed by atoms with Crippen LogP contribution in [0.4, 0.5) is 15.8 Å². The zero-order chi connectivity index (χ0) is 17.0. The summed E-state index contributed by atoms with van der Waals surface area (Å²) in [5.41, 5.74) is 0.851. The molecule has 23 heavy (non-hydrogen) atoms. The molecule has 0 aliphatic rings. The zero-order valence-electron chi connectivity index (χ0n) is 13.1. The maximum atomic E-state index is 13.5. The Bertz CT molecular complexity index is 721. The van der Waals surface area contributed by atoms with Crippen molar-refractivity contribution in [2.75, 3.05) is 26.2 Å². The number of nitrogens with zero attached hydrogens (tertiary/aromatic N) is 2. The molecule has 0 aliphatic heterocycles. The van der Waals surface area contributed by atoms with Crippen molar-refractivity contribution in [1.82, 2.24) is 0 Å². The molecule has 0 aliphatic carbocycles. The number of benzene rings is 2. The highest BCUT2D eigenvalue weighted by Crippen LogP contribution is 2.31. The summed E-state index contributed by atoms with van der Waals surface area (Å²) in [5.74, 6) is 0.708. The minimum Gasteiger partial charge on any atom is -0.497 e. The normalized spacial score (nSPS) is 10.3. The Hall–Kier alpha value is -2.83. The molecule has 0 amide bonds. The van der Waals surface area contributed by atoms with Gasteiger partial charge in [-0.15, -0.1) is 0 Å². The number of ether oxygens (including phenoxy) is 2. The highest BCUT2D eigenvalue weighted by molar-refractivity contribution is 5.63. The molecular formula is C16H17FN2O4. The molecule has 0 aromatic heterocycles. The molecule has 0 saturated heterocycles. The fraction of sp³-hybridized carbons (Fsp3) is 0.250. The molecule has 0 bridgehead atoms. The fourth-order valence-electron chi connectivity index (χ4n) is 2.28. The first-order valence-corrected chi connectivity index (χ1v) is 6.82. The van der Waals surface area contributed by atoms with Gasteiger partial charge in [0.2, 0.25) is 0 Å². The summed E-state index contributed by atoms with van der Waals surface area (Å²) in [7, 11) is 4.74. The van der Waals surface area contributed by atoms with Crippen LogP contribution in [-0.4, -0.2) is 26.2 Å². The van der Waals surface area contributed by atoms with E-state index in [4.69, 9.17) is 9.47 Å². The van der Waals surface area contributed by atoms with Gasteiger partial charge < -0.3 is 14.4 Å². The number of hydrogen-bond donors (Lipinski definition) is 0. The Kier molecular flexibility index (Phi) is 5.00. The van der Waals surface area contributed by atoms with E-state index in [1.165, 1.54) is 7.11 Å². The lowest BCUT2D eigenvalue weighted by Crippen LogP contribution is -2.18. The highest BCUT2D eigenvalue weighted by Gasteiger charge is 2.19. The second kappa shape index (κ2) is 6.95. The van der Waals surface area contributed by atoms with Crippen molar-refractivity contribution in [1.29, 1.82) is 0 Å². The molecule has 6 nitrogen and oxygen atoms in total. The van der Waals surface area contributed by atoms with E-state index in [0.29, 0.717) is 18.0 Å². The molecular weight excluding hydrogens is 303 g/mol. The van der Waals surface area contributed by atoms with Gasteiger partial charge in [-0.3, -0.25) is 10.1 Å². The Morgan fingerprint density at radius 3 is 2.52 bits per heavy atom. The molecule has 0 heterocycles. The molecule has 0 atom stereocenters. The molecule has 2 rings (SSSR count). The van der Waals surface area contributed by atoms with Crippen LogP contribution in [0.1, 0.15) is 5.56 Å². The van der Waals surface area contributed by atoms with E-state index < -0.39 is 10.7 Å². The van der Waals surface area contributed by atoms with Crippen molar-refractivity contribution < 1.29 is 18.8 Å². The van der Waals surface area contributed by atoms with Crippen LogP contribution in [0.15, 0.2) is 36.4 Å². The predicted octanol–water partition coefficient (Wildman–Crippen LogP) is 3.39. The van der Waals surface area contributed by atoms with Crippen LogP contribution in [0.2, 0.25) is 0 Å². The van der Waals surface area contributed by atoms with Gasteiger partial charge in [0, 0.05) is 37.4 Å². The standard InChI is InChI=1S/C16H17FN2O4/c1-18(15-8-12(17)5-7-14(15)19(20)21)10-11-4-6-13(22-2)9-16(11)23-3/h4-9H,10H2,1-3H3. The number of nitro groups is 1. The summed E-state index contributed by atoms with van der Waals surface area (Å²) < 4.78 is 23.9. The smallest absolute Gasteiger partial charge is 0.292 e. The Balaban J connectivity index is 2.34. The van der Waals surface area contributed by atoms with Gasteiger partial charge in [0.05, 0.1) is 19.1 Å². The maximum absolute atomic E-state index is 13.5. The average Bonchev–Trinajstić information content (AvgIpc) is 2.54. The third-order valence-corrected chi connectivity index (χ3v) is 3.45. The SMILES string of the molecule is COc1ccc(CN(C)c2cc(F)ccc2[N+](=O)[O-])c(OC)c1. The van der Waals surface area contributed by atoms with E-state index in [2.05, 4.69) is 0 Å². The number of rotatable bonds is 6. The summed E-state index contributed by atoms with van der Waals surface area (Å²) in [5, 5.41) is 11.1. The average molecular weight is 320 g/mol. The number of nitro benzene ring substituents is 1. The van der Waals surface area contributed by atoms with Crippen molar-refractivity contribution in [3.8, 4) is 11.5 Å². The Morgan fingerprint density at radius 1 is 1.17 bits per heavy atom. The van der Waals surface area contributed by atoms with Crippen LogP contribution in [0.5, 0.6) is 11.5 Å². The largest absolute Gasteiger partial charge is 0.497 e. The molecule has 0 spiro atoms. The van der Waals surface area contributed by atoms with Gasteiger partial charge in [-0.2, -0.15) is 0 Å². The first-order valence-electron chi connectivity index (χ1n) is 6.82. The van der Waals surface area contributed by atoms with Crippen LogP contribution in [0, 0.1) is 15.9 Å². The van der Waals surface area contributed by atoms with Crippen LogP contribution in [-0.2, 0) is 6.54 Å². The van der Waals surface area contributed by atoms with E-state index in [-0.39, 0.29) is 11.4 Å². The van der Waals surface area contributed by atoms with E-state index >= 15 is 0 Å². The van der Waals surface area contributed by atoms with E-state index in [9.17, 15) is 14.5 Å². The van der Waals surface area contributed by atoms with Gasteiger partial charge >= 0.3 is 0 Å². The van der Waals surface area contributed by atoms with Crippen LogP contribution in [0.25, 0.3) is 0 Å². The number of methoxy groups -OCH3 is 2. The molecule has 122 valence electrons. The summed E-state index contributed by atoms with van der Waals surface area (Å²) in [4.78, 5) is 12.2. The lowest BCUT2D eigenvalue weighted by Gasteiger charge is -2.21. The van der Waals surface area contributed by atoms with Crippen molar-refractivity contribution in [2.45, 2.75) is 6.54 Å². The number of hydrogen-bond acceptors (Lipinski definition) is 5. The molecule has 0 saturated carbocycles. The Morgan fingerprint density at radius 2 is 1.91 bits per heavy atom. The van der Waals surface area contributed by atoms with Gasteiger partial charge in [-0.25, -0.2) is 4.39 Å². The van der Waals surface area contributed by atoms with E-state index in [1.54, 1.807) is 37.3 Å². The third kappa shape index (κ3) is 3.68. The minimum atomic E-state index is -0.531. The lowest BCUT2D eigenvalue weighted by molar-refractivity contribution is -0.384. The van der Waals surface area contributed by atoms with Crippen LogP contribution in [0.3, 0.4) is 0 Å². The van der Waals surface area contributed by atoms with E-state index in [1.807, 2.05) is 0 Å². The topological polar surface area (TPSA) is 64.8 Å². The second-order valence-corrected chi connectivity index (χ2v) is 4.92. The van der Waals surface area contributed by atoms with Gasteiger partial charge in [0.15, 0.2) is 0 Å². The third-order valence-electron chi connectivity index (χ3n) is 3.45. The van der Waals surface area contributed by atoms with Crippen molar-refractivity contribution in [2.24, 2.45) is 0 Å². The monoisotopic (exact) mass is 320 g/mol. The first-order chi connectivity index (χ1) is 11.0. The minimum absolute atomic E-state index is 0.152. The predicted molar refractivity (Wildman–Crippen MR) is 84.7 cm³/mol. The summed E-state index contributed by atoms with van der Waals surface area (Å²) in [6.45, 7) is 0.317. The van der Waals surface area contributed by atoms with Crippen molar-refractivity contribution in [3.05, 3.63) is 57.9 Å².